The molecule has 3 aromatic rings. The second-order valence-corrected chi connectivity index (χ2v) is 5.56. The molecule has 0 saturated heterocycles. The smallest absolute Gasteiger partial charge is 0.162 e. The molecule has 1 aromatic heterocycles. The number of ether oxygens (including phenoxy) is 2. The van der Waals surface area contributed by atoms with Gasteiger partial charge < -0.3 is 19.9 Å². The number of hydrogen-bond acceptors (Lipinski definition) is 6. The first-order valence-electron chi connectivity index (χ1n) is 6.75. The van der Waals surface area contributed by atoms with Crippen LogP contribution < -0.4 is 14.8 Å². The van der Waals surface area contributed by atoms with Gasteiger partial charge in [-0.25, -0.2) is 9.97 Å². The maximum absolute atomic E-state index is 10.1. The summed E-state index contributed by atoms with van der Waals surface area (Å²) in [5.41, 5.74) is 1.24. The average Bonchev–Trinajstić information content (AvgIpc) is 2.58. The molecule has 0 aliphatic rings. The van der Waals surface area contributed by atoms with Gasteiger partial charge in [0.1, 0.15) is 12.1 Å². The summed E-state index contributed by atoms with van der Waals surface area (Å²) in [7, 11) is 3.14. The average molecular weight is 376 g/mol. The highest BCUT2D eigenvalue weighted by atomic mass is 79.9. The highest BCUT2D eigenvalue weighted by Gasteiger charge is 2.12. The molecule has 0 fully saturated rings. The number of aromatic nitrogens is 2. The number of para-hydroxylation sites is 1. The fraction of sp³-hybridized carbons (Fsp3) is 0.125. The fourth-order valence-electron chi connectivity index (χ4n) is 2.23. The van der Waals surface area contributed by atoms with E-state index in [2.05, 4.69) is 31.2 Å². The molecule has 0 amide bonds. The minimum absolute atomic E-state index is 0.111. The highest BCUT2D eigenvalue weighted by Crippen LogP contribution is 2.37. The van der Waals surface area contributed by atoms with Gasteiger partial charge in [0, 0.05) is 11.5 Å². The molecule has 2 N–H and O–H groups in total. The van der Waals surface area contributed by atoms with Crippen molar-refractivity contribution >= 4 is 38.3 Å². The molecular weight excluding hydrogens is 362 g/mol. The summed E-state index contributed by atoms with van der Waals surface area (Å²) in [6.07, 6.45) is 1.45. The summed E-state index contributed by atoms with van der Waals surface area (Å²) in [6, 6.07) is 8.91. The Kier molecular flexibility index (Phi) is 4.20. The Morgan fingerprint density at radius 3 is 2.57 bits per heavy atom. The van der Waals surface area contributed by atoms with Crippen LogP contribution in [0.2, 0.25) is 0 Å². The van der Waals surface area contributed by atoms with Gasteiger partial charge >= 0.3 is 0 Å². The minimum atomic E-state index is 0.111. The van der Waals surface area contributed by atoms with Crippen LogP contribution in [0.3, 0.4) is 0 Å². The van der Waals surface area contributed by atoms with Gasteiger partial charge in [0.05, 0.1) is 29.9 Å². The number of halogens is 1. The third-order valence-electron chi connectivity index (χ3n) is 3.38. The van der Waals surface area contributed by atoms with Crippen LogP contribution in [-0.4, -0.2) is 29.3 Å². The topological polar surface area (TPSA) is 76.5 Å². The Balaban J connectivity index is 2.12. The maximum Gasteiger partial charge on any atom is 0.162 e. The minimum Gasteiger partial charge on any atom is -0.505 e. The Morgan fingerprint density at radius 1 is 1.09 bits per heavy atom. The van der Waals surface area contributed by atoms with E-state index in [9.17, 15) is 5.11 Å². The van der Waals surface area contributed by atoms with Crippen molar-refractivity contribution in [1.29, 1.82) is 0 Å². The molecule has 2 aromatic carbocycles. The predicted octanol–water partition coefficient (Wildman–Crippen LogP) is 3.86. The molecule has 0 unspecified atom stereocenters. The number of nitrogens with zero attached hydrogens (tertiary/aromatic N) is 2. The summed E-state index contributed by atoms with van der Waals surface area (Å²) >= 11 is 3.29. The monoisotopic (exact) mass is 375 g/mol. The molecule has 0 aliphatic heterocycles. The van der Waals surface area contributed by atoms with Crippen molar-refractivity contribution in [2.75, 3.05) is 19.5 Å². The van der Waals surface area contributed by atoms with Crippen LogP contribution >= 0.6 is 15.9 Å². The number of rotatable bonds is 4. The van der Waals surface area contributed by atoms with E-state index >= 15 is 0 Å². The zero-order chi connectivity index (χ0) is 16.4. The van der Waals surface area contributed by atoms with Gasteiger partial charge in [-0.05, 0) is 34.1 Å². The number of fused-ring (bicyclic) bond motifs is 1. The quantitative estimate of drug-likeness (QED) is 0.674. The molecule has 7 heteroatoms. The standard InChI is InChI=1S/C16H14BrN3O3/c1-22-13-6-9-12(7-14(13)23-2)18-8-19-16(9)20-11-5-3-4-10(17)15(11)21/h3-8,21H,1-2H3,(H,18,19,20). The van der Waals surface area contributed by atoms with E-state index in [0.29, 0.717) is 33.0 Å². The van der Waals surface area contributed by atoms with E-state index in [-0.39, 0.29) is 5.75 Å². The van der Waals surface area contributed by atoms with Crippen molar-refractivity contribution in [3.63, 3.8) is 0 Å². The number of hydrogen-bond donors (Lipinski definition) is 2. The van der Waals surface area contributed by atoms with Crippen LogP contribution in [-0.2, 0) is 0 Å². The number of anilines is 2. The van der Waals surface area contributed by atoms with Crippen LogP contribution in [0.25, 0.3) is 10.9 Å². The van der Waals surface area contributed by atoms with E-state index < -0.39 is 0 Å². The Labute approximate surface area is 141 Å². The van der Waals surface area contributed by atoms with Crippen molar-refractivity contribution in [3.05, 3.63) is 41.1 Å². The lowest BCUT2D eigenvalue weighted by atomic mass is 10.2. The van der Waals surface area contributed by atoms with Crippen molar-refractivity contribution in [3.8, 4) is 17.2 Å². The van der Waals surface area contributed by atoms with E-state index in [1.54, 1.807) is 38.5 Å². The van der Waals surface area contributed by atoms with E-state index in [0.717, 1.165) is 5.39 Å². The van der Waals surface area contributed by atoms with Crippen LogP contribution in [0.4, 0.5) is 11.5 Å². The summed E-state index contributed by atoms with van der Waals surface area (Å²) in [5, 5.41) is 14.0. The molecule has 6 nitrogen and oxygen atoms in total. The van der Waals surface area contributed by atoms with E-state index in [1.165, 1.54) is 6.33 Å². The van der Waals surface area contributed by atoms with E-state index in [1.807, 2.05) is 6.07 Å². The first-order chi connectivity index (χ1) is 11.1. The molecule has 0 saturated carbocycles. The van der Waals surface area contributed by atoms with Crippen LogP contribution in [0.1, 0.15) is 0 Å². The van der Waals surface area contributed by atoms with Crippen molar-refractivity contribution in [2.24, 2.45) is 0 Å². The number of phenols is 1. The molecule has 3 rings (SSSR count). The van der Waals surface area contributed by atoms with Gasteiger partial charge in [-0.2, -0.15) is 0 Å². The zero-order valence-electron chi connectivity index (χ0n) is 12.5. The van der Waals surface area contributed by atoms with Gasteiger partial charge in [0.25, 0.3) is 0 Å². The van der Waals surface area contributed by atoms with Crippen LogP contribution in [0.15, 0.2) is 41.1 Å². The summed E-state index contributed by atoms with van der Waals surface area (Å²) in [6.45, 7) is 0. The molecule has 118 valence electrons. The van der Waals surface area contributed by atoms with Gasteiger partial charge in [-0.15, -0.1) is 0 Å². The Bertz CT molecular complexity index is 871. The summed E-state index contributed by atoms with van der Waals surface area (Å²) in [4.78, 5) is 8.51. The second-order valence-electron chi connectivity index (χ2n) is 4.71. The largest absolute Gasteiger partial charge is 0.505 e. The van der Waals surface area contributed by atoms with Gasteiger partial charge in [-0.3, -0.25) is 0 Å². The molecule has 0 spiro atoms. The van der Waals surface area contributed by atoms with Crippen molar-refractivity contribution < 1.29 is 14.6 Å². The molecule has 0 aliphatic carbocycles. The van der Waals surface area contributed by atoms with Crippen molar-refractivity contribution in [2.45, 2.75) is 0 Å². The molecule has 0 radical (unpaired) electrons. The third-order valence-corrected chi connectivity index (χ3v) is 4.02. The van der Waals surface area contributed by atoms with Crippen LogP contribution in [0, 0.1) is 0 Å². The fourth-order valence-corrected chi connectivity index (χ4v) is 2.59. The lowest BCUT2D eigenvalue weighted by Crippen LogP contribution is -1.98. The molecule has 23 heavy (non-hydrogen) atoms. The number of phenolic OH excluding ortho intramolecular Hbond substituents is 1. The highest BCUT2D eigenvalue weighted by molar-refractivity contribution is 9.10. The summed E-state index contributed by atoms with van der Waals surface area (Å²) in [5.74, 6) is 1.84. The maximum atomic E-state index is 10.1. The second kappa shape index (κ2) is 6.29. The lowest BCUT2D eigenvalue weighted by Gasteiger charge is -2.13. The SMILES string of the molecule is COc1cc2ncnc(Nc3cccc(Br)c3O)c2cc1OC. The van der Waals surface area contributed by atoms with Gasteiger partial charge in [0.15, 0.2) is 17.2 Å². The van der Waals surface area contributed by atoms with Crippen LogP contribution in [0.5, 0.6) is 17.2 Å². The molecule has 1 heterocycles. The molecule has 0 bridgehead atoms. The Hall–Kier alpha value is -2.54. The Morgan fingerprint density at radius 2 is 1.83 bits per heavy atom. The van der Waals surface area contributed by atoms with Gasteiger partial charge in [-0.1, -0.05) is 6.07 Å². The first kappa shape index (κ1) is 15.4. The number of nitrogens with one attached hydrogen (secondary N) is 1. The molecule has 0 atom stereocenters. The van der Waals surface area contributed by atoms with Crippen molar-refractivity contribution in [1.82, 2.24) is 9.97 Å². The number of aromatic hydroxyl groups is 1. The molecular formula is C16H14BrN3O3. The number of benzene rings is 2. The van der Waals surface area contributed by atoms with Gasteiger partial charge in [0.2, 0.25) is 0 Å². The number of methoxy groups -OCH3 is 2. The third kappa shape index (κ3) is 2.87. The lowest BCUT2D eigenvalue weighted by molar-refractivity contribution is 0.356. The van der Waals surface area contributed by atoms with E-state index in [4.69, 9.17) is 9.47 Å². The summed E-state index contributed by atoms with van der Waals surface area (Å²) < 4.78 is 11.2. The predicted molar refractivity (Wildman–Crippen MR) is 91.7 cm³/mol. The zero-order valence-corrected chi connectivity index (χ0v) is 14.1. The normalized spacial score (nSPS) is 10.6. The first-order valence-corrected chi connectivity index (χ1v) is 7.54.